The number of aliphatic hydroxyl groups excluding tert-OH is 1. The van der Waals surface area contributed by atoms with Crippen molar-refractivity contribution in [2.75, 3.05) is 6.61 Å². The molecule has 3 aromatic rings. The first-order valence-corrected chi connectivity index (χ1v) is 10.5. The predicted molar refractivity (Wildman–Crippen MR) is 123 cm³/mol. The van der Waals surface area contributed by atoms with E-state index in [9.17, 15) is 13.9 Å². The summed E-state index contributed by atoms with van der Waals surface area (Å²) in [6, 6.07) is 9.86. The zero-order valence-electron chi connectivity index (χ0n) is 18.0. The molecule has 0 fully saturated rings. The molecule has 166 valence electrons. The van der Waals surface area contributed by atoms with E-state index < -0.39 is 11.6 Å². The van der Waals surface area contributed by atoms with Gasteiger partial charge in [0.2, 0.25) is 5.82 Å². The highest BCUT2D eigenvalue weighted by Gasteiger charge is 2.16. The Kier molecular flexibility index (Phi) is 8.22. The number of allylic oxidation sites excluding steroid dienone is 1. The van der Waals surface area contributed by atoms with Crippen molar-refractivity contribution in [3.63, 3.8) is 0 Å². The minimum Gasteiger partial charge on any atom is -0.486 e. The van der Waals surface area contributed by atoms with E-state index in [2.05, 4.69) is 16.5 Å². The number of aliphatic hydroxyl groups is 1. The van der Waals surface area contributed by atoms with Gasteiger partial charge in [0.05, 0.1) is 6.10 Å². The van der Waals surface area contributed by atoms with Gasteiger partial charge in [-0.25, -0.2) is 14.4 Å². The lowest BCUT2D eigenvalue weighted by Crippen LogP contribution is -1.99. The van der Waals surface area contributed by atoms with Crippen molar-refractivity contribution in [2.45, 2.75) is 32.3 Å². The van der Waals surface area contributed by atoms with Gasteiger partial charge in [-0.2, -0.15) is 4.39 Å². The van der Waals surface area contributed by atoms with Crippen LogP contribution in [0.15, 0.2) is 67.5 Å². The number of hydrogen-bond donors (Lipinski definition) is 1. The van der Waals surface area contributed by atoms with E-state index in [-0.39, 0.29) is 24.0 Å². The molecule has 1 aromatic heterocycles. The van der Waals surface area contributed by atoms with Crippen molar-refractivity contribution in [3.8, 4) is 28.3 Å². The Labute approximate surface area is 186 Å². The van der Waals surface area contributed by atoms with Crippen molar-refractivity contribution in [1.82, 2.24) is 9.97 Å². The second-order valence-electron chi connectivity index (χ2n) is 7.44. The van der Waals surface area contributed by atoms with Crippen LogP contribution < -0.4 is 4.74 Å². The van der Waals surface area contributed by atoms with E-state index in [1.807, 2.05) is 12.2 Å². The second-order valence-corrected chi connectivity index (χ2v) is 7.44. The average molecular weight is 437 g/mol. The van der Waals surface area contributed by atoms with Crippen LogP contribution in [0.2, 0.25) is 0 Å². The Bertz CT molecular complexity index is 1060. The predicted octanol–water partition coefficient (Wildman–Crippen LogP) is 6.22. The third kappa shape index (κ3) is 6.08. The fraction of sp³-hybridized carbons (Fsp3) is 0.231. The summed E-state index contributed by atoms with van der Waals surface area (Å²) < 4.78 is 33.9. The standard InChI is InChI=1S/C26H26F2N2O2/c1-3-15-32-23-14-13-22(24(27)25(23)28)20-9-11-21(12-10-20)26-29-16-19(17-30-26)8-6-4-5-7-18(2)31/h3,6,8-14,16-18,31H,1,4-5,7,15H2,2H3. The lowest BCUT2D eigenvalue weighted by molar-refractivity contribution is 0.182. The van der Waals surface area contributed by atoms with Crippen LogP contribution in [0.3, 0.4) is 0 Å². The Balaban J connectivity index is 1.69. The molecule has 0 aliphatic heterocycles. The van der Waals surface area contributed by atoms with Crippen molar-refractivity contribution in [1.29, 1.82) is 0 Å². The molecule has 1 atom stereocenters. The van der Waals surface area contributed by atoms with Gasteiger partial charge in [0.25, 0.3) is 0 Å². The Morgan fingerprint density at radius 2 is 1.72 bits per heavy atom. The van der Waals surface area contributed by atoms with Gasteiger partial charge in [0, 0.05) is 29.1 Å². The van der Waals surface area contributed by atoms with Crippen LogP contribution in [-0.2, 0) is 0 Å². The lowest BCUT2D eigenvalue weighted by atomic mass is 10.0. The Morgan fingerprint density at radius 1 is 1.03 bits per heavy atom. The van der Waals surface area contributed by atoms with Crippen LogP contribution in [0.25, 0.3) is 28.6 Å². The highest BCUT2D eigenvalue weighted by atomic mass is 19.2. The second kappa shape index (κ2) is 11.3. The topological polar surface area (TPSA) is 55.2 Å². The van der Waals surface area contributed by atoms with Gasteiger partial charge in [-0.05, 0) is 43.9 Å². The van der Waals surface area contributed by atoms with Gasteiger partial charge in [0.1, 0.15) is 6.61 Å². The van der Waals surface area contributed by atoms with Gasteiger partial charge in [-0.15, -0.1) is 0 Å². The molecule has 0 spiro atoms. The largest absolute Gasteiger partial charge is 0.486 e. The third-order valence-corrected chi connectivity index (χ3v) is 4.83. The SMILES string of the molecule is C=CCOc1ccc(-c2ccc(-c3ncc(C=CCCCC(C)O)cn3)cc2)c(F)c1F. The smallest absolute Gasteiger partial charge is 0.201 e. The maximum Gasteiger partial charge on any atom is 0.201 e. The summed E-state index contributed by atoms with van der Waals surface area (Å²) >= 11 is 0. The summed E-state index contributed by atoms with van der Waals surface area (Å²) in [6.07, 6.45) is 11.2. The van der Waals surface area contributed by atoms with E-state index in [0.29, 0.717) is 11.4 Å². The number of unbranched alkanes of at least 4 members (excludes halogenated alkanes) is 1. The first-order chi connectivity index (χ1) is 15.5. The summed E-state index contributed by atoms with van der Waals surface area (Å²) in [7, 11) is 0. The number of rotatable bonds is 10. The summed E-state index contributed by atoms with van der Waals surface area (Å²) in [5.74, 6) is -1.58. The average Bonchev–Trinajstić information content (AvgIpc) is 2.80. The van der Waals surface area contributed by atoms with E-state index in [1.165, 1.54) is 18.2 Å². The molecule has 0 saturated heterocycles. The summed E-state index contributed by atoms with van der Waals surface area (Å²) in [4.78, 5) is 8.78. The molecule has 0 bridgehead atoms. The van der Waals surface area contributed by atoms with E-state index in [4.69, 9.17) is 4.74 Å². The number of benzene rings is 2. The summed E-state index contributed by atoms with van der Waals surface area (Å²) in [5.41, 5.74) is 2.35. The van der Waals surface area contributed by atoms with Crippen LogP contribution in [0.4, 0.5) is 8.78 Å². The van der Waals surface area contributed by atoms with Gasteiger partial charge in [-0.3, -0.25) is 0 Å². The molecule has 2 aromatic carbocycles. The van der Waals surface area contributed by atoms with Crippen molar-refractivity contribution in [3.05, 3.63) is 84.7 Å². The number of halogens is 2. The molecule has 0 amide bonds. The molecule has 1 heterocycles. The zero-order chi connectivity index (χ0) is 22.9. The Morgan fingerprint density at radius 3 is 2.38 bits per heavy atom. The van der Waals surface area contributed by atoms with Crippen LogP contribution in [0, 0.1) is 11.6 Å². The Hall–Kier alpha value is -3.38. The number of hydrogen-bond acceptors (Lipinski definition) is 4. The molecular weight excluding hydrogens is 410 g/mol. The van der Waals surface area contributed by atoms with Crippen LogP contribution in [0.1, 0.15) is 31.7 Å². The fourth-order valence-corrected chi connectivity index (χ4v) is 3.14. The first kappa shape index (κ1) is 23.3. The maximum absolute atomic E-state index is 14.5. The summed E-state index contributed by atoms with van der Waals surface area (Å²) in [5, 5.41) is 9.27. The molecular formula is C26H26F2N2O2. The van der Waals surface area contributed by atoms with E-state index in [1.54, 1.807) is 43.6 Å². The molecule has 32 heavy (non-hydrogen) atoms. The zero-order valence-corrected chi connectivity index (χ0v) is 18.0. The monoisotopic (exact) mass is 436 g/mol. The van der Waals surface area contributed by atoms with Crippen LogP contribution >= 0.6 is 0 Å². The fourth-order valence-electron chi connectivity index (χ4n) is 3.14. The normalized spacial score (nSPS) is 12.1. The molecule has 0 radical (unpaired) electrons. The van der Waals surface area contributed by atoms with Crippen molar-refractivity contribution >= 4 is 6.08 Å². The lowest BCUT2D eigenvalue weighted by Gasteiger charge is -2.10. The minimum atomic E-state index is -1.02. The molecule has 1 unspecified atom stereocenters. The van der Waals surface area contributed by atoms with Gasteiger partial charge in [0.15, 0.2) is 17.4 Å². The van der Waals surface area contributed by atoms with Crippen molar-refractivity contribution < 1.29 is 18.6 Å². The molecule has 0 saturated carbocycles. The van der Waals surface area contributed by atoms with Gasteiger partial charge >= 0.3 is 0 Å². The molecule has 0 aliphatic carbocycles. The molecule has 4 nitrogen and oxygen atoms in total. The molecule has 0 aliphatic rings. The maximum atomic E-state index is 14.5. The number of aromatic nitrogens is 2. The van der Waals surface area contributed by atoms with Gasteiger partial charge in [-0.1, -0.05) is 49.1 Å². The highest BCUT2D eigenvalue weighted by molar-refractivity contribution is 5.69. The van der Waals surface area contributed by atoms with Gasteiger partial charge < -0.3 is 9.84 Å². The third-order valence-electron chi connectivity index (χ3n) is 4.83. The molecule has 1 N–H and O–H groups in total. The molecule has 3 rings (SSSR count). The minimum absolute atomic E-state index is 0.0992. The highest BCUT2D eigenvalue weighted by Crippen LogP contribution is 2.31. The summed E-state index contributed by atoms with van der Waals surface area (Å²) in [6.45, 7) is 5.38. The van der Waals surface area contributed by atoms with Crippen LogP contribution in [-0.4, -0.2) is 27.8 Å². The van der Waals surface area contributed by atoms with E-state index >= 15 is 0 Å². The van der Waals surface area contributed by atoms with Crippen LogP contribution in [0.5, 0.6) is 5.75 Å². The van der Waals surface area contributed by atoms with Crippen molar-refractivity contribution in [2.24, 2.45) is 0 Å². The molecule has 6 heteroatoms. The number of ether oxygens (including phenoxy) is 1. The quantitative estimate of drug-likeness (QED) is 0.303. The first-order valence-electron chi connectivity index (χ1n) is 10.5. The van der Waals surface area contributed by atoms with E-state index in [0.717, 1.165) is 30.4 Å². The number of nitrogens with zero attached hydrogens (tertiary/aromatic N) is 2.